The van der Waals surface area contributed by atoms with E-state index in [2.05, 4.69) is 6.92 Å². The molecular formula is C15H22O2. The van der Waals surface area contributed by atoms with E-state index in [1.807, 2.05) is 24.3 Å². The van der Waals surface area contributed by atoms with Crippen LogP contribution in [0.1, 0.15) is 51.2 Å². The molecule has 2 rings (SSSR count). The predicted molar refractivity (Wildman–Crippen MR) is 69.1 cm³/mol. The first-order valence-corrected chi connectivity index (χ1v) is 6.60. The van der Waals surface area contributed by atoms with Crippen molar-refractivity contribution in [2.45, 2.75) is 51.7 Å². The van der Waals surface area contributed by atoms with Crippen LogP contribution in [0.25, 0.3) is 0 Å². The van der Waals surface area contributed by atoms with Crippen LogP contribution in [0.5, 0.6) is 5.75 Å². The van der Waals surface area contributed by atoms with E-state index in [0.717, 1.165) is 17.2 Å². The third-order valence-corrected chi connectivity index (χ3v) is 3.63. The highest BCUT2D eigenvalue weighted by atomic mass is 16.5. The van der Waals surface area contributed by atoms with Crippen LogP contribution in [-0.2, 0) is 0 Å². The standard InChI is InChI=1S/C15H22O2/c1-11-3-7-14(8-4-11)17-15-9-5-13(6-10-15)12(2)16/h5-6,9-12,14,16H,3-4,7-8H2,1-2H3/t11?,12-,14?/m0/s1. The molecule has 1 N–H and O–H groups in total. The van der Waals surface area contributed by atoms with Gasteiger partial charge in [0.05, 0.1) is 12.2 Å². The molecule has 1 aromatic rings. The van der Waals surface area contributed by atoms with Gasteiger partial charge >= 0.3 is 0 Å². The Morgan fingerprint density at radius 2 is 1.71 bits per heavy atom. The molecule has 0 unspecified atom stereocenters. The summed E-state index contributed by atoms with van der Waals surface area (Å²) in [4.78, 5) is 0. The van der Waals surface area contributed by atoms with Crippen molar-refractivity contribution < 1.29 is 9.84 Å². The largest absolute Gasteiger partial charge is 0.490 e. The van der Waals surface area contributed by atoms with Gasteiger partial charge in [0.15, 0.2) is 0 Å². The highest BCUT2D eigenvalue weighted by molar-refractivity contribution is 5.28. The van der Waals surface area contributed by atoms with Crippen LogP contribution in [-0.4, -0.2) is 11.2 Å². The summed E-state index contributed by atoms with van der Waals surface area (Å²) in [7, 11) is 0. The lowest BCUT2D eigenvalue weighted by Gasteiger charge is -2.26. The smallest absolute Gasteiger partial charge is 0.119 e. The molecule has 1 aliphatic rings. The van der Waals surface area contributed by atoms with Crippen LogP contribution in [0.2, 0.25) is 0 Å². The minimum Gasteiger partial charge on any atom is -0.490 e. The molecule has 0 spiro atoms. The quantitative estimate of drug-likeness (QED) is 0.864. The van der Waals surface area contributed by atoms with Gasteiger partial charge in [-0.1, -0.05) is 19.1 Å². The van der Waals surface area contributed by atoms with Gasteiger partial charge in [-0.3, -0.25) is 0 Å². The van der Waals surface area contributed by atoms with Crippen molar-refractivity contribution in [3.63, 3.8) is 0 Å². The monoisotopic (exact) mass is 234 g/mol. The molecule has 1 saturated carbocycles. The summed E-state index contributed by atoms with van der Waals surface area (Å²) in [6.45, 7) is 4.09. The molecule has 17 heavy (non-hydrogen) atoms. The summed E-state index contributed by atoms with van der Waals surface area (Å²) >= 11 is 0. The average molecular weight is 234 g/mol. The van der Waals surface area contributed by atoms with Gasteiger partial charge < -0.3 is 9.84 Å². The van der Waals surface area contributed by atoms with Crippen LogP contribution < -0.4 is 4.74 Å². The third kappa shape index (κ3) is 3.47. The Balaban J connectivity index is 1.90. The minimum atomic E-state index is -0.403. The van der Waals surface area contributed by atoms with Crippen LogP contribution in [0.3, 0.4) is 0 Å². The van der Waals surface area contributed by atoms with Crippen molar-refractivity contribution in [2.75, 3.05) is 0 Å². The van der Waals surface area contributed by atoms with Crippen molar-refractivity contribution in [1.82, 2.24) is 0 Å². The Morgan fingerprint density at radius 1 is 1.12 bits per heavy atom. The first kappa shape index (κ1) is 12.4. The first-order chi connectivity index (χ1) is 8.15. The summed E-state index contributed by atoms with van der Waals surface area (Å²) in [6.07, 6.45) is 4.86. The van der Waals surface area contributed by atoms with E-state index in [9.17, 15) is 5.11 Å². The second-order valence-corrected chi connectivity index (χ2v) is 5.24. The Labute approximate surface area is 104 Å². The van der Waals surface area contributed by atoms with Gasteiger partial charge in [-0.2, -0.15) is 0 Å². The number of hydrogen-bond donors (Lipinski definition) is 1. The van der Waals surface area contributed by atoms with Gasteiger partial charge in [0.2, 0.25) is 0 Å². The van der Waals surface area contributed by atoms with Crippen molar-refractivity contribution in [2.24, 2.45) is 5.92 Å². The maximum Gasteiger partial charge on any atom is 0.119 e. The van der Waals surface area contributed by atoms with Gasteiger partial charge in [0.1, 0.15) is 5.75 Å². The van der Waals surface area contributed by atoms with Gasteiger partial charge in [0, 0.05) is 0 Å². The summed E-state index contributed by atoms with van der Waals surface area (Å²) in [5.74, 6) is 1.78. The zero-order chi connectivity index (χ0) is 12.3. The molecule has 1 fully saturated rings. The zero-order valence-electron chi connectivity index (χ0n) is 10.7. The van der Waals surface area contributed by atoms with Gasteiger partial charge in [-0.25, -0.2) is 0 Å². The third-order valence-electron chi connectivity index (χ3n) is 3.63. The molecule has 0 radical (unpaired) electrons. The van der Waals surface area contributed by atoms with Crippen LogP contribution >= 0.6 is 0 Å². The lowest BCUT2D eigenvalue weighted by atomic mass is 9.89. The Bertz CT molecular complexity index is 334. The summed E-state index contributed by atoms with van der Waals surface area (Å²) in [5, 5.41) is 9.42. The second-order valence-electron chi connectivity index (χ2n) is 5.24. The zero-order valence-corrected chi connectivity index (χ0v) is 10.7. The van der Waals surface area contributed by atoms with Crippen molar-refractivity contribution in [3.8, 4) is 5.75 Å². The number of aliphatic hydroxyl groups is 1. The van der Waals surface area contributed by atoms with E-state index in [-0.39, 0.29) is 0 Å². The molecule has 2 nitrogen and oxygen atoms in total. The summed E-state index contributed by atoms with van der Waals surface area (Å²) < 4.78 is 5.96. The van der Waals surface area contributed by atoms with E-state index in [1.54, 1.807) is 6.92 Å². The van der Waals surface area contributed by atoms with Crippen molar-refractivity contribution in [1.29, 1.82) is 0 Å². The van der Waals surface area contributed by atoms with Gasteiger partial charge in [-0.15, -0.1) is 0 Å². The molecule has 2 heteroatoms. The fraction of sp³-hybridized carbons (Fsp3) is 0.600. The number of benzene rings is 1. The lowest BCUT2D eigenvalue weighted by molar-refractivity contribution is 0.135. The Hall–Kier alpha value is -1.02. The number of aliphatic hydroxyl groups excluding tert-OH is 1. The molecule has 0 heterocycles. The number of ether oxygens (including phenoxy) is 1. The SMILES string of the molecule is CC1CCC(Oc2ccc([C@H](C)O)cc2)CC1. The topological polar surface area (TPSA) is 29.5 Å². The van der Waals surface area contributed by atoms with E-state index in [0.29, 0.717) is 6.10 Å². The Kier molecular flexibility index (Phi) is 4.06. The average Bonchev–Trinajstić information content (AvgIpc) is 2.33. The second kappa shape index (κ2) is 5.54. The predicted octanol–water partition coefficient (Wildman–Crippen LogP) is 3.70. The highest BCUT2D eigenvalue weighted by Gasteiger charge is 2.19. The van der Waals surface area contributed by atoms with E-state index < -0.39 is 6.10 Å². The van der Waals surface area contributed by atoms with Gasteiger partial charge in [0.25, 0.3) is 0 Å². The number of hydrogen-bond acceptors (Lipinski definition) is 2. The molecule has 1 aromatic carbocycles. The molecule has 0 aromatic heterocycles. The fourth-order valence-electron chi connectivity index (χ4n) is 2.36. The molecule has 1 aliphatic carbocycles. The highest BCUT2D eigenvalue weighted by Crippen LogP contribution is 2.27. The van der Waals surface area contributed by atoms with E-state index in [4.69, 9.17) is 4.74 Å². The maximum absolute atomic E-state index is 9.42. The Morgan fingerprint density at radius 3 is 2.24 bits per heavy atom. The van der Waals surface area contributed by atoms with Crippen LogP contribution in [0.4, 0.5) is 0 Å². The lowest BCUT2D eigenvalue weighted by Crippen LogP contribution is -2.22. The molecule has 1 atom stereocenters. The first-order valence-electron chi connectivity index (χ1n) is 6.60. The van der Waals surface area contributed by atoms with Crippen LogP contribution in [0, 0.1) is 5.92 Å². The molecular weight excluding hydrogens is 212 g/mol. The van der Waals surface area contributed by atoms with E-state index in [1.165, 1.54) is 25.7 Å². The van der Waals surface area contributed by atoms with Crippen LogP contribution in [0.15, 0.2) is 24.3 Å². The summed E-state index contributed by atoms with van der Waals surface area (Å²) in [6, 6.07) is 7.79. The molecule has 94 valence electrons. The van der Waals surface area contributed by atoms with Crippen molar-refractivity contribution >= 4 is 0 Å². The number of rotatable bonds is 3. The molecule has 0 saturated heterocycles. The molecule has 0 aliphatic heterocycles. The fourth-order valence-corrected chi connectivity index (χ4v) is 2.36. The summed E-state index contributed by atoms with van der Waals surface area (Å²) in [5.41, 5.74) is 0.939. The maximum atomic E-state index is 9.42. The normalized spacial score (nSPS) is 26.5. The minimum absolute atomic E-state index is 0.378. The molecule has 0 bridgehead atoms. The van der Waals surface area contributed by atoms with E-state index >= 15 is 0 Å². The van der Waals surface area contributed by atoms with Crippen molar-refractivity contribution in [3.05, 3.63) is 29.8 Å². The molecule has 0 amide bonds. The van der Waals surface area contributed by atoms with Gasteiger partial charge in [-0.05, 0) is 56.2 Å².